The van der Waals surface area contributed by atoms with Crippen molar-refractivity contribution in [2.75, 3.05) is 50.7 Å². The predicted octanol–water partition coefficient (Wildman–Crippen LogP) is 7.21. The molecule has 1 fully saturated rings. The molecule has 0 bridgehead atoms. The highest BCUT2D eigenvalue weighted by molar-refractivity contribution is 5.62. The van der Waals surface area contributed by atoms with Gasteiger partial charge in [-0.15, -0.1) is 13.2 Å². The Labute approximate surface area is 217 Å². The van der Waals surface area contributed by atoms with Crippen molar-refractivity contribution in [2.45, 2.75) is 64.6 Å². The van der Waals surface area contributed by atoms with Gasteiger partial charge in [0.15, 0.2) is 0 Å². The van der Waals surface area contributed by atoms with Crippen LogP contribution in [0.3, 0.4) is 0 Å². The predicted molar refractivity (Wildman–Crippen MR) is 149 cm³/mol. The average molecular weight is 506 g/mol. The van der Waals surface area contributed by atoms with E-state index in [2.05, 4.69) is 66.5 Å². The average Bonchev–Trinajstić information content (AvgIpc) is 2.86. The maximum absolute atomic E-state index is 13.0. The highest BCUT2D eigenvalue weighted by atomic mass is 19.4. The van der Waals surface area contributed by atoms with Crippen LogP contribution in [0.1, 0.15) is 57.1 Å². The summed E-state index contributed by atoms with van der Waals surface area (Å²) in [6.45, 7) is 21.5. The number of hydrogen-bond donors (Lipinski definition) is 0. The second-order valence-electron chi connectivity index (χ2n) is 10.0. The lowest BCUT2D eigenvalue weighted by molar-refractivity contribution is -0.185. The summed E-state index contributed by atoms with van der Waals surface area (Å²) in [4.78, 5) is 7.02. The zero-order valence-corrected chi connectivity index (χ0v) is 22.4. The van der Waals surface area contributed by atoms with E-state index in [0.29, 0.717) is 19.1 Å². The van der Waals surface area contributed by atoms with Crippen LogP contribution in [-0.4, -0.2) is 67.8 Å². The number of halogens is 3. The second-order valence-corrected chi connectivity index (χ2v) is 10.0. The van der Waals surface area contributed by atoms with Crippen LogP contribution in [0.15, 0.2) is 50.1 Å². The van der Waals surface area contributed by atoms with Gasteiger partial charge in [-0.1, -0.05) is 50.3 Å². The van der Waals surface area contributed by atoms with Crippen LogP contribution >= 0.6 is 0 Å². The lowest BCUT2D eigenvalue weighted by atomic mass is 9.96. The third-order valence-corrected chi connectivity index (χ3v) is 7.32. The van der Waals surface area contributed by atoms with Crippen LogP contribution in [0.5, 0.6) is 0 Å². The van der Waals surface area contributed by atoms with Gasteiger partial charge in [0, 0.05) is 44.5 Å². The molecule has 0 radical (unpaired) electrons. The van der Waals surface area contributed by atoms with E-state index in [-0.39, 0.29) is 12.8 Å². The second kappa shape index (κ2) is 15.3. The molecule has 1 heterocycles. The maximum Gasteiger partial charge on any atom is 0.391 e. The summed E-state index contributed by atoms with van der Waals surface area (Å²) in [5, 5.41) is 0. The fraction of sp³-hybridized carbons (Fsp3) is 0.600. The van der Waals surface area contributed by atoms with Crippen LogP contribution in [0.25, 0.3) is 6.08 Å². The van der Waals surface area contributed by atoms with Gasteiger partial charge in [0.1, 0.15) is 0 Å². The molecular weight excluding hydrogens is 459 g/mol. The van der Waals surface area contributed by atoms with Crippen molar-refractivity contribution in [1.82, 2.24) is 9.80 Å². The van der Waals surface area contributed by atoms with E-state index in [1.165, 1.54) is 11.3 Å². The first kappa shape index (κ1) is 30.2. The minimum atomic E-state index is -4.06. The molecule has 1 aromatic carbocycles. The summed E-state index contributed by atoms with van der Waals surface area (Å²) in [7, 11) is 0. The van der Waals surface area contributed by atoms with Gasteiger partial charge in [-0.05, 0) is 69.3 Å². The number of nitrogens with zero attached hydrogens (tertiary/aromatic N) is 3. The normalized spacial score (nSPS) is 16.2. The van der Waals surface area contributed by atoms with Crippen molar-refractivity contribution < 1.29 is 13.2 Å². The van der Waals surface area contributed by atoms with Crippen molar-refractivity contribution >= 4 is 11.8 Å². The summed E-state index contributed by atoms with van der Waals surface area (Å²) in [6.07, 6.45) is 6.38. The van der Waals surface area contributed by atoms with Crippen LogP contribution in [0, 0.1) is 5.92 Å². The smallest absolute Gasteiger partial charge is 0.367 e. The van der Waals surface area contributed by atoms with Gasteiger partial charge in [-0.25, -0.2) is 0 Å². The zero-order chi connectivity index (χ0) is 26.6. The van der Waals surface area contributed by atoms with Crippen molar-refractivity contribution in [3.63, 3.8) is 0 Å². The molecule has 0 amide bonds. The molecule has 6 heteroatoms. The molecule has 1 aliphatic heterocycles. The number of piperidine rings is 1. The Morgan fingerprint density at radius 2 is 1.81 bits per heavy atom. The van der Waals surface area contributed by atoms with E-state index in [4.69, 9.17) is 0 Å². The quantitative estimate of drug-likeness (QED) is 0.220. The molecule has 1 atom stereocenters. The largest absolute Gasteiger partial charge is 0.391 e. The molecule has 0 aliphatic carbocycles. The van der Waals surface area contributed by atoms with Crippen LogP contribution in [-0.2, 0) is 6.42 Å². The SMILES string of the molecule is C=CCC(C)N(CCN(CC=C)CCN1CCC(C(F)(F)F)CC1)c1cc(C=C)ccc1CCCC. The molecule has 36 heavy (non-hydrogen) atoms. The summed E-state index contributed by atoms with van der Waals surface area (Å²) in [5.74, 6) is -1.15. The first-order valence-corrected chi connectivity index (χ1v) is 13.5. The van der Waals surface area contributed by atoms with Gasteiger partial charge in [0.25, 0.3) is 0 Å². The number of anilines is 1. The van der Waals surface area contributed by atoms with E-state index in [1.807, 2.05) is 18.2 Å². The highest BCUT2D eigenvalue weighted by Crippen LogP contribution is 2.34. The van der Waals surface area contributed by atoms with Gasteiger partial charge in [0.05, 0.1) is 5.92 Å². The van der Waals surface area contributed by atoms with Crippen LogP contribution in [0.4, 0.5) is 18.9 Å². The molecule has 1 unspecified atom stereocenters. The third-order valence-electron chi connectivity index (χ3n) is 7.32. The molecule has 1 saturated heterocycles. The van der Waals surface area contributed by atoms with Gasteiger partial charge in [0.2, 0.25) is 0 Å². The standard InChI is InChI=1S/C30H46F3N3/c1-6-10-12-27-14-13-26(9-4)24-29(27)36(25(5)11-7-2)23-22-34(17-8-3)20-21-35-18-15-28(16-19-35)30(31,32)33/h7-9,13-14,24-25,28H,2-4,6,10-12,15-23H2,1,5H3. The topological polar surface area (TPSA) is 9.72 Å². The van der Waals surface area contributed by atoms with E-state index in [9.17, 15) is 13.2 Å². The van der Waals surface area contributed by atoms with Crippen molar-refractivity contribution in [3.8, 4) is 0 Å². The molecule has 2 rings (SSSR count). The zero-order valence-electron chi connectivity index (χ0n) is 22.4. The molecule has 202 valence electrons. The summed E-state index contributed by atoms with van der Waals surface area (Å²) in [5.41, 5.74) is 3.75. The number of hydrogen-bond acceptors (Lipinski definition) is 3. The Balaban J connectivity index is 2.09. The summed E-state index contributed by atoms with van der Waals surface area (Å²) < 4.78 is 39.0. The Morgan fingerprint density at radius 1 is 1.08 bits per heavy atom. The van der Waals surface area contributed by atoms with Gasteiger partial charge in [-0.3, -0.25) is 4.90 Å². The van der Waals surface area contributed by atoms with Gasteiger partial charge >= 0.3 is 6.18 Å². The maximum atomic E-state index is 13.0. The van der Waals surface area contributed by atoms with Crippen molar-refractivity contribution in [3.05, 3.63) is 61.2 Å². The molecule has 0 N–H and O–H groups in total. The fourth-order valence-electron chi connectivity index (χ4n) is 4.99. The number of likely N-dealkylation sites (tertiary alicyclic amines) is 1. The highest BCUT2D eigenvalue weighted by Gasteiger charge is 2.40. The minimum Gasteiger partial charge on any atom is -0.367 e. The van der Waals surface area contributed by atoms with E-state index >= 15 is 0 Å². The molecular formula is C30H46F3N3. The minimum absolute atomic E-state index is 0.206. The molecule has 0 aromatic heterocycles. The number of benzene rings is 1. The molecule has 1 aliphatic rings. The molecule has 0 saturated carbocycles. The van der Waals surface area contributed by atoms with Gasteiger partial charge in [-0.2, -0.15) is 13.2 Å². The lowest BCUT2D eigenvalue weighted by Gasteiger charge is -2.36. The third kappa shape index (κ3) is 9.44. The Bertz CT molecular complexity index is 812. The monoisotopic (exact) mass is 505 g/mol. The van der Waals surface area contributed by atoms with Crippen LogP contribution in [0.2, 0.25) is 0 Å². The Morgan fingerprint density at radius 3 is 2.39 bits per heavy atom. The number of unbranched alkanes of at least 4 members (excludes halogenated alkanes) is 1. The number of aryl methyl sites for hydroxylation is 1. The van der Waals surface area contributed by atoms with E-state index < -0.39 is 12.1 Å². The van der Waals surface area contributed by atoms with Crippen molar-refractivity contribution in [2.24, 2.45) is 5.92 Å². The Hall–Kier alpha value is -2.05. The number of rotatable bonds is 16. The summed E-state index contributed by atoms with van der Waals surface area (Å²) >= 11 is 0. The lowest BCUT2D eigenvalue weighted by Crippen LogP contribution is -2.45. The Kier molecular flexibility index (Phi) is 12.8. The molecule has 3 nitrogen and oxygen atoms in total. The number of alkyl halides is 3. The van der Waals surface area contributed by atoms with Crippen LogP contribution < -0.4 is 4.90 Å². The first-order valence-electron chi connectivity index (χ1n) is 13.5. The summed E-state index contributed by atoms with van der Waals surface area (Å²) in [6, 6.07) is 6.93. The van der Waals surface area contributed by atoms with E-state index in [0.717, 1.165) is 64.0 Å². The van der Waals surface area contributed by atoms with E-state index in [1.54, 1.807) is 0 Å². The molecule has 0 spiro atoms. The van der Waals surface area contributed by atoms with Crippen molar-refractivity contribution in [1.29, 1.82) is 0 Å². The fourth-order valence-corrected chi connectivity index (χ4v) is 4.99. The van der Waals surface area contributed by atoms with Gasteiger partial charge < -0.3 is 9.80 Å². The first-order chi connectivity index (χ1) is 17.2. The molecule has 1 aromatic rings.